The Kier molecular flexibility index (Phi) is 5.06. The number of benzene rings is 2. The zero-order chi connectivity index (χ0) is 18.7. The van der Waals surface area contributed by atoms with Crippen LogP contribution >= 0.6 is 0 Å². The second kappa shape index (κ2) is 7.43. The second-order valence-corrected chi connectivity index (χ2v) is 5.92. The van der Waals surface area contributed by atoms with Gasteiger partial charge in [0, 0.05) is 24.2 Å². The Hall–Kier alpha value is -3.09. The summed E-state index contributed by atoms with van der Waals surface area (Å²) in [6, 6.07) is 10.3. The molecular formula is C19H15F2NO4. The third kappa shape index (κ3) is 3.93. The van der Waals surface area contributed by atoms with E-state index in [1.165, 1.54) is 41.3 Å². The van der Waals surface area contributed by atoms with Gasteiger partial charge in [-0.3, -0.25) is 14.4 Å². The molecule has 1 fully saturated rings. The molecular weight excluding hydrogens is 344 g/mol. The largest absolute Gasteiger partial charge is 0.457 e. The fraction of sp³-hybridized carbons (Fsp3) is 0.211. The lowest BCUT2D eigenvalue weighted by molar-refractivity contribution is -0.147. The number of carbonyl (C=O) groups is 3. The molecule has 1 aliphatic rings. The van der Waals surface area contributed by atoms with E-state index in [4.69, 9.17) is 4.74 Å². The highest BCUT2D eigenvalue weighted by atomic mass is 19.1. The number of hydrogen-bond donors (Lipinski definition) is 0. The summed E-state index contributed by atoms with van der Waals surface area (Å²) in [4.78, 5) is 37.6. The quantitative estimate of drug-likeness (QED) is 0.608. The van der Waals surface area contributed by atoms with E-state index in [2.05, 4.69) is 0 Å². The van der Waals surface area contributed by atoms with Crippen LogP contribution in [0, 0.1) is 17.6 Å². The van der Waals surface area contributed by atoms with Crippen LogP contribution in [0.15, 0.2) is 48.5 Å². The van der Waals surface area contributed by atoms with Gasteiger partial charge < -0.3 is 9.64 Å². The molecule has 1 atom stereocenters. The topological polar surface area (TPSA) is 63.7 Å². The van der Waals surface area contributed by atoms with Crippen LogP contribution in [0.3, 0.4) is 0 Å². The minimum Gasteiger partial charge on any atom is -0.457 e. The summed E-state index contributed by atoms with van der Waals surface area (Å²) in [5, 5.41) is 0. The van der Waals surface area contributed by atoms with Crippen molar-refractivity contribution >= 4 is 23.3 Å². The van der Waals surface area contributed by atoms with Crippen LogP contribution in [-0.2, 0) is 14.3 Å². The van der Waals surface area contributed by atoms with Gasteiger partial charge in [0.1, 0.15) is 11.6 Å². The minimum atomic E-state index is -0.700. The van der Waals surface area contributed by atoms with Gasteiger partial charge in [0.05, 0.1) is 5.92 Å². The summed E-state index contributed by atoms with van der Waals surface area (Å²) >= 11 is 0. The van der Waals surface area contributed by atoms with Crippen molar-refractivity contribution in [3.8, 4) is 0 Å². The smallest absolute Gasteiger partial charge is 0.311 e. The van der Waals surface area contributed by atoms with E-state index in [9.17, 15) is 23.2 Å². The third-order valence-corrected chi connectivity index (χ3v) is 4.11. The molecule has 3 rings (SSSR count). The summed E-state index contributed by atoms with van der Waals surface area (Å²) in [6.07, 6.45) is -0.0407. The van der Waals surface area contributed by atoms with Gasteiger partial charge in [-0.15, -0.1) is 0 Å². The first-order valence-electron chi connectivity index (χ1n) is 7.95. The summed E-state index contributed by atoms with van der Waals surface area (Å²) in [6.45, 7) is -0.375. The van der Waals surface area contributed by atoms with E-state index in [-0.39, 0.29) is 24.4 Å². The zero-order valence-electron chi connectivity index (χ0n) is 13.7. The van der Waals surface area contributed by atoms with Crippen molar-refractivity contribution in [3.63, 3.8) is 0 Å². The molecule has 0 spiro atoms. The molecule has 0 aromatic heterocycles. The van der Waals surface area contributed by atoms with E-state index in [1.54, 1.807) is 0 Å². The fourth-order valence-electron chi connectivity index (χ4n) is 2.71. The molecule has 5 nitrogen and oxygen atoms in total. The summed E-state index contributed by atoms with van der Waals surface area (Å²) in [7, 11) is 0. The van der Waals surface area contributed by atoms with E-state index in [0.29, 0.717) is 5.69 Å². The van der Waals surface area contributed by atoms with Crippen LogP contribution < -0.4 is 4.90 Å². The van der Waals surface area contributed by atoms with E-state index >= 15 is 0 Å². The number of hydrogen-bond acceptors (Lipinski definition) is 4. The minimum absolute atomic E-state index is 0.0407. The van der Waals surface area contributed by atoms with Gasteiger partial charge in [-0.05, 0) is 48.5 Å². The standard InChI is InChI=1S/C19H15F2NO4/c20-14-3-1-12(2-4-14)17(23)11-26-19(25)13-9-18(24)22(10-13)16-7-5-15(21)6-8-16/h1-8,13H,9-11H2/t13-/m0/s1. The average molecular weight is 359 g/mol. The molecule has 7 heteroatoms. The number of esters is 1. The Balaban J connectivity index is 1.57. The Labute approximate surface area is 148 Å². The molecule has 2 aromatic carbocycles. The van der Waals surface area contributed by atoms with Gasteiger partial charge >= 0.3 is 5.97 Å². The number of nitrogens with zero attached hydrogens (tertiary/aromatic N) is 1. The summed E-state index contributed by atoms with van der Waals surface area (Å²) in [5.74, 6) is -2.98. The predicted molar refractivity (Wildman–Crippen MR) is 88.5 cm³/mol. The lowest BCUT2D eigenvalue weighted by atomic mass is 10.1. The monoisotopic (exact) mass is 359 g/mol. The van der Waals surface area contributed by atoms with E-state index in [0.717, 1.165) is 12.1 Å². The van der Waals surface area contributed by atoms with Gasteiger partial charge in [-0.1, -0.05) is 0 Å². The van der Waals surface area contributed by atoms with Gasteiger partial charge in [0.15, 0.2) is 12.4 Å². The van der Waals surface area contributed by atoms with Crippen molar-refractivity contribution in [2.45, 2.75) is 6.42 Å². The van der Waals surface area contributed by atoms with Crippen LogP contribution in [0.5, 0.6) is 0 Å². The highest BCUT2D eigenvalue weighted by Gasteiger charge is 2.36. The lowest BCUT2D eigenvalue weighted by Gasteiger charge is -2.16. The van der Waals surface area contributed by atoms with Crippen LogP contribution in [-0.4, -0.2) is 30.8 Å². The first kappa shape index (κ1) is 17.7. The van der Waals surface area contributed by atoms with Crippen molar-refractivity contribution < 1.29 is 27.9 Å². The van der Waals surface area contributed by atoms with Gasteiger partial charge in [-0.25, -0.2) is 8.78 Å². The number of ether oxygens (including phenoxy) is 1. The van der Waals surface area contributed by atoms with E-state index < -0.39 is 35.9 Å². The number of carbonyl (C=O) groups excluding carboxylic acids is 3. The first-order valence-corrected chi connectivity index (χ1v) is 7.95. The number of ketones is 1. The van der Waals surface area contributed by atoms with Crippen LogP contribution in [0.2, 0.25) is 0 Å². The molecule has 1 amide bonds. The normalized spacial score (nSPS) is 16.6. The molecule has 0 saturated carbocycles. The van der Waals surface area contributed by atoms with Gasteiger partial charge in [0.25, 0.3) is 0 Å². The SMILES string of the molecule is O=C(COC(=O)[C@H]1CC(=O)N(c2ccc(F)cc2)C1)c1ccc(F)cc1. The number of rotatable bonds is 5. The molecule has 0 unspecified atom stereocenters. The highest BCUT2D eigenvalue weighted by molar-refractivity contribution is 6.01. The van der Waals surface area contributed by atoms with Crippen molar-refractivity contribution in [1.82, 2.24) is 0 Å². The molecule has 0 aliphatic carbocycles. The van der Waals surface area contributed by atoms with Crippen LogP contribution in [0.25, 0.3) is 0 Å². The lowest BCUT2D eigenvalue weighted by Crippen LogP contribution is -2.27. The summed E-state index contributed by atoms with van der Waals surface area (Å²) < 4.78 is 30.8. The maximum absolute atomic E-state index is 13.0. The number of anilines is 1. The van der Waals surface area contributed by atoms with Crippen molar-refractivity contribution in [2.75, 3.05) is 18.1 Å². The zero-order valence-corrected chi connectivity index (χ0v) is 13.7. The van der Waals surface area contributed by atoms with Crippen LogP contribution in [0.1, 0.15) is 16.8 Å². The molecule has 0 N–H and O–H groups in total. The highest BCUT2D eigenvalue weighted by Crippen LogP contribution is 2.26. The second-order valence-electron chi connectivity index (χ2n) is 5.92. The number of amides is 1. The van der Waals surface area contributed by atoms with Crippen molar-refractivity contribution in [1.29, 1.82) is 0 Å². The molecule has 1 aliphatic heterocycles. The molecule has 134 valence electrons. The Bertz CT molecular complexity index is 834. The Morgan fingerprint density at radius 3 is 2.19 bits per heavy atom. The predicted octanol–water partition coefficient (Wildman–Crippen LogP) is 2.74. The van der Waals surface area contributed by atoms with Gasteiger partial charge in [0.2, 0.25) is 5.91 Å². The average Bonchev–Trinajstić information content (AvgIpc) is 3.02. The first-order chi connectivity index (χ1) is 12.4. The van der Waals surface area contributed by atoms with Crippen molar-refractivity contribution in [3.05, 3.63) is 65.7 Å². The molecule has 1 heterocycles. The molecule has 0 bridgehead atoms. The maximum Gasteiger partial charge on any atom is 0.311 e. The van der Waals surface area contributed by atoms with Crippen molar-refractivity contribution in [2.24, 2.45) is 5.92 Å². The number of Topliss-reactive ketones (excluding diaryl/α,β-unsaturated/α-hetero) is 1. The molecule has 1 saturated heterocycles. The van der Waals surface area contributed by atoms with E-state index in [1.807, 2.05) is 0 Å². The molecule has 2 aromatic rings. The number of halogens is 2. The Morgan fingerprint density at radius 2 is 1.58 bits per heavy atom. The molecule has 0 radical (unpaired) electrons. The van der Waals surface area contributed by atoms with Gasteiger partial charge in [-0.2, -0.15) is 0 Å². The maximum atomic E-state index is 13.0. The Morgan fingerprint density at radius 1 is 1.00 bits per heavy atom. The molecule has 26 heavy (non-hydrogen) atoms. The van der Waals surface area contributed by atoms with Crippen LogP contribution in [0.4, 0.5) is 14.5 Å². The third-order valence-electron chi connectivity index (χ3n) is 4.11. The summed E-state index contributed by atoms with van der Waals surface area (Å²) in [5.41, 5.74) is 0.726. The fourth-order valence-corrected chi connectivity index (χ4v) is 2.71.